The van der Waals surface area contributed by atoms with Crippen molar-refractivity contribution in [3.8, 4) is 0 Å². The van der Waals surface area contributed by atoms with Crippen LogP contribution in [0.3, 0.4) is 0 Å². The summed E-state index contributed by atoms with van der Waals surface area (Å²) in [4.78, 5) is 11.0. The van der Waals surface area contributed by atoms with Gasteiger partial charge in [-0.1, -0.05) is 37.1 Å². The first kappa shape index (κ1) is 12.2. The zero-order chi connectivity index (χ0) is 12.1. The molecule has 2 nitrogen and oxygen atoms in total. The van der Waals surface area contributed by atoms with E-state index in [1.54, 1.807) is 0 Å². The van der Waals surface area contributed by atoms with E-state index < -0.39 is 0 Å². The molecule has 0 amide bonds. The summed E-state index contributed by atoms with van der Waals surface area (Å²) in [6.07, 6.45) is 6.66. The lowest BCUT2D eigenvalue weighted by Gasteiger charge is -2.10. The monoisotopic (exact) mass is 232 g/mol. The smallest absolute Gasteiger partial charge is 0.305 e. The van der Waals surface area contributed by atoms with Gasteiger partial charge in [0.25, 0.3) is 0 Å². The number of rotatable bonds is 4. The predicted octanol–water partition coefficient (Wildman–Crippen LogP) is 3.45. The molecule has 0 radical (unpaired) electrons. The molecular weight excluding hydrogens is 212 g/mol. The van der Waals surface area contributed by atoms with Crippen LogP contribution in [0.4, 0.5) is 0 Å². The number of carbonyl (C=O) groups excluding carboxylic acids is 1. The Labute approximate surface area is 103 Å². The van der Waals surface area contributed by atoms with Crippen LogP contribution < -0.4 is 0 Å². The molecular formula is C15H20O2. The number of ether oxygens (including phenoxy) is 1. The predicted molar refractivity (Wildman–Crippen MR) is 68.0 cm³/mol. The minimum absolute atomic E-state index is 0.134. The quantitative estimate of drug-likeness (QED) is 0.743. The number of hydrogen-bond acceptors (Lipinski definition) is 2. The molecule has 1 aliphatic rings. The van der Waals surface area contributed by atoms with Gasteiger partial charge in [0.2, 0.25) is 0 Å². The lowest BCUT2D eigenvalue weighted by atomic mass is 9.96. The van der Waals surface area contributed by atoms with Crippen LogP contribution in [0.25, 0.3) is 0 Å². The third-order valence-electron chi connectivity index (χ3n) is 3.65. The van der Waals surface area contributed by atoms with Crippen molar-refractivity contribution in [3.05, 3.63) is 35.4 Å². The van der Waals surface area contributed by atoms with E-state index in [0.717, 1.165) is 12.3 Å². The van der Waals surface area contributed by atoms with Crippen molar-refractivity contribution in [2.75, 3.05) is 7.11 Å². The standard InChI is InChI=1S/C15H20O2/c1-17-15(16)11-8-12-6-9-14(10-7-12)13-4-2-3-5-13/h6-7,9-10,13H,2-5,8,11H2,1H3. The maximum Gasteiger partial charge on any atom is 0.305 e. The minimum Gasteiger partial charge on any atom is -0.469 e. The van der Waals surface area contributed by atoms with Gasteiger partial charge in [-0.2, -0.15) is 0 Å². The minimum atomic E-state index is -0.134. The molecule has 2 rings (SSSR count). The molecule has 1 aromatic rings. The maximum absolute atomic E-state index is 11.0. The third-order valence-corrected chi connectivity index (χ3v) is 3.65. The highest BCUT2D eigenvalue weighted by molar-refractivity contribution is 5.69. The van der Waals surface area contributed by atoms with E-state index in [0.29, 0.717) is 6.42 Å². The molecule has 17 heavy (non-hydrogen) atoms. The van der Waals surface area contributed by atoms with Crippen molar-refractivity contribution in [2.45, 2.75) is 44.4 Å². The summed E-state index contributed by atoms with van der Waals surface area (Å²) in [7, 11) is 1.44. The Kier molecular flexibility index (Phi) is 4.18. The number of carbonyl (C=O) groups is 1. The molecule has 1 aromatic carbocycles. The highest BCUT2D eigenvalue weighted by Gasteiger charge is 2.16. The summed E-state index contributed by atoms with van der Waals surface area (Å²) in [5, 5.41) is 0. The molecule has 0 unspecified atom stereocenters. The van der Waals surface area contributed by atoms with E-state index in [1.807, 2.05) is 0 Å². The van der Waals surface area contributed by atoms with Crippen LogP contribution in [-0.4, -0.2) is 13.1 Å². The molecule has 0 N–H and O–H groups in total. The van der Waals surface area contributed by atoms with Gasteiger partial charge in [-0.05, 0) is 36.3 Å². The largest absolute Gasteiger partial charge is 0.469 e. The summed E-state index contributed by atoms with van der Waals surface area (Å²) in [6, 6.07) is 8.75. The zero-order valence-corrected chi connectivity index (χ0v) is 10.4. The normalized spacial score (nSPS) is 16.1. The molecule has 2 heteroatoms. The average molecular weight is 232 g/mol. The molecule has 1 saturated carbocycles. The topological polar surface area (TPSA) is 26.3 Å². The van der Waals surface area contributed by atoms with Crippen LogP contribution in [0.5, 0.6) is 0 Å². The number of methoxy groups -OCH3 is 1. The Balaban J connectivity index is 1.90. The number of esters is 1. The molecule has 92 valence electrons. The number of benzene rings is 1. The Hall–Kier alpha value is -1.31. The third kappa shape index (κ3) is 3.32. The highest BCUT2D eigenvalue weighted by atomic mass is 16.5. The van der Waals surface area contributed by atoms with Gasteiger partial charge in [0.15, 0.2) is 0 Å². The molecule has 0 aromatic heterocycles. The summed E-state index contributed by atoms with van der Waals surface area (Å²) in [5.74, 6) is 0.634. The highest BCUT2D eigenvalue weighted by Crippen LogP contribution is 2.33. The van der Waals surface area contributed by atoms with Crippen LogP contribution >= 0.6 is 0 Å². The maximum atomic E-state index is 11.0. The van der Waals surface area contributed by atoms with Gasteiger partial charge in [0.1, 0.15) is 0 Å². The fourth-order valence-corrected chi connectivity index (χ4v) is 2.56. The van der Waals surface area contributed by atoms with Gasteiger partial charge < -0.3 is 4.74 Å². The van der Waals surface area contributed by atoms with Gasteiger partial charge in [-0.25, -0.2) is 0 Å². The van der Waals surface area contributed by atoms with Crippen LogP contribution in [0.2, 0.25) is 0 Å². The average Bonchev–Trinajstić information content (AvgIpc) is 2.90. The SMILES string of the molecule is COC(=O)CCc1ccc(C2CCCC2)cc1. The number of hydrogen-bond donors (Lipinski definition) is 0. The van der Waals surface area contributed by atoms with Crippen molar-refractivity contribution in [3.63, 3.8) is 0 Å². The second-order valence-corrected chi connectivity index (χ2v) is 4.80. The fourth-order valence-electron chi connectivity index (χ4n) is 2.56. The van der Waals surface area contributed by atoms with Crippen LogP contribution in [0, 0.1) is 0 Å². The first-order valence-electron chi connectivity index (χ1n) is 6.45. The van der Waals surface area contributed by atoms with Crippen molar-refractivity contribution < 1.29 is 9.53 Å². The molecule has 0 bridgehead atoms. The summed E-state index contributed by atoms with van der Waals surface area (Å²) >= 11 is 0. The van der Waals surface area contributed by atoms with E-state index in [4.69, 9.17) is 0 Å². The first-order valence-corrected chi connectivity index (χ1v) is 6.45. The second kappa shape index (κ2) is 5.85. The molecule has 0 saturated heterocycles. The Bertz CT molecular complexity index is 361. The lowest BCUT2D eigenvalue weighted by molar-refractivity contribution is -0.140. The molecule has 0 heterocycles. The van der Waals surface area contributed by atoms with Crippen LogP contribution in [0.1, 0.15) is 49.1 Å². The van der Waals surface area contributed by atoms with Crippen LogP contribution in [0.15, 0.2) is 24.3 Å². The molecule has 0 atom stereocenters. The molecule has 1 aliphatic carbocycles. The molecule has 0 spiro atoms. The van der Waals surface area contributed by atoms with E-state index >= 15 is 0 Å². The van der Waals surface area contributed by atoms with E-state index in [1.165, 1.54) is 43.9 Å². The summed E-state index contributed by atoms with van der Waals surface area (Å²) < 4.78 is 4.64. The second-order valence-electron chi connectivity index (χ2n) is 4.80. The van der Waals surface area contributed by atoms with E-state index in [9.17, 15) is 4.79 Å². The van der Waals surface area contributed by atoms with Crippen molar-refractivity contribution >= 4 is 5.97 Å². The van der Waals surface area contributed by atoms with Gasteiger partial charge >= 0.3 is 5.97 Å². The van der Waals surface area contributed by atoms with Gasteiger partial charge in [0.05, 0.1) is 7.11 Å². The van der Waals surface area contributed by atoms with Crippen LogP contribution in [-0.2, 0) is 16.0 Å². The van der Waals surface area contributed by atoms with Gasteiger partial charge in [0, 0.05) is 6.42 Å². The molecule has 1 fully saturated rings. The van der Waals surface area contributed by atoms with Gasteiger partial charge in [-0.15, -0.1) is 0 Å². The van der Waals surface area contributed by atoms with Crippen molar-refractivity contribution in [2.24, 2.45) is 0 Å². The van der Waals surface area contributed by atoms with Crippen molar-refractivity contribution in [1.82, 2.24) is 0 Å². The van der Waals surface area contributed by atoms with Crippen molar-refractivity contribution in [1.29, 1.82) is 0 Å². The van der Waals surface area contributed by atoms with E-state index in [-0.39, 0.29) is 5.97 Å². The Morgan fingerprint density at radius 1 is 1.24 bits per heavy atom. The summed E-state index contributed by atoms with van der Waals surface area (Å²) in [6.45, 7) is 0. The van der Waals surface area contributed by atoms with E-state index in [2.05, 4.69) is 29.0 Å². The Morgan fingerprint density at radius 3 is 2.47 bits per heavy atom. The molecule has 0 aliphatic heterocycles. The lowest BCUT2D eigenvalue weighted by Crippen LogP contribution is -2.02. The Morgan fingerprint density at radius 2 is 1.88 bits per heavy atom. The zero-order valence-electron chi connectivity index (χ0n) is 10.4. The number of aryl methyl sites for hydroxylation is 1. The summed E-state index contributed by atoms with van der Waals surface area (Å²) in [5.41, 5.74) is 2.68. The first-order chi connectivity index (χ1) is 8.29. The fraction of sp³-hybridized carbons (Fsp3) is 0.533. The van der Waals surface area contributed by atoms with Gasteiger partial charge in [-0.3, -0.25) is 4.79 Å².